The number of carbonyl (C=O) groups excluding carboxylic acids is 1. The standard InChI is InChI=1S/C17H18ClN3O4/c1-2-25-15(22)14-9-8-13(12-6-4-3-5-7-12)20-16(23)19(11-10-18)17(24)21(14)20/h3-9,13-14H,2,10-11H2,1H3/t13-,14-/m1/s1. The number of fused-ring (bicyclic) bond motifs is 1. The van der Waals surface area contributed by atoms with Gasteiger partial charge in [-0.1, -0.05) is 42.5 Å². The molecule has 0 saturated heterocycles. The second-order valence-corrected chi connectivity index (χ2v) is 5.91. The minimum atomic E-state index is -0.975. The van der Waals surface area contributed by atoms with Crippen LogP contribution in [0.1, 0.15) is 24.6 Å². The zero-order chi connectivity index (χ0) is 18.0. The Balaban J connectivity index is 2.21. The van der Waals surface area contributed by atoms with E-state index in [-0.39, 0.29) is 19.0 Å². The molecule has 0 unspecified atom stereocenters. The summed E-state index contributed by atoms with van der Waals surface area (Å²) in [6, 6.07) is 7.83. The maximum Gasteiger partial charge on any atom is 0.348 e. The molecule has 0 N–H and O–H groups in total. The van der Waals surface area contributed by atoms with Crippen LogP contribution in [0.3, 0.4) is 0 Å². The fourth-order valence-corrected chi connectivity index (χ4v) is 3.15. The number of ether oxygens (including phenoxy) is 1. The summed E-state index contributed by atoms with van der Waals surface area (Å²) in [5.41, 5.74) is -0.243. The Hall–Kier alpha value is -2.54. The molecular formula is C17H18ClN3O4. The number of carbonyl (C=O) groups is 1. The van der Waals surface area contributed by atoms with E-state index >= 15 is 0 Å². The molecule has 0 radical (unpaired) electrons. The molecule has 3 rings (SSSR count). The molecule has 0 aliphatic carbocycles. The van der Waals surface area contributed by atoms with Gasteiger partial charge in [0, 0.05) is 12.4 Å². The molecule has 1 aliphatic rings. The van der Waals surface area contributed by atoms with Crippen molar-refractivity contribution in [1.29, 1.82) is 0 Å². The lowest BCUT2D eigenvalue weighted by atomic mass is 10.0. The Kier molecular flexibility index (Phi) is 4.94. The van der Waals surface area contributed by atoms with E-state index in [0.717, 1.165) is 14.8 Å². The molecule has 1 aliphatic heterocycles. The van der Waals surface area contributed by atoms with Crippen molar-refractivity contribution in [1.82, 2.24) is 13.9 Å². The average molecular weight is 364 g/mol. The number of rotatable bonds is 5. The predicted molar refractivity (Wildman–Crippen MR) is 93.1 cm³/mol. The fourth-order valence-electron chi connectivity index (χ4n) is 2.98. The van der Waals surface area contributed by atoms with Crippen molar-refractivity contribution in [2.75, 3.05) is 12.5 Å². The van der Waals surface area contributed by atoms with Crippen LogP contribution in [0.5, 0.6) is 0 Å². The molecule has 2 aromatic rings. The number of benzene rings is 1. The van der Waals surface area contributed by atoms with Crippen LogP contribution in [0, 0.1) is 0 Å². The van der Waals surface area contributed by atoms with E-state index in [1.54, 1.807) is 19.1 Å². The summed E-state index contributed by atoms with van der Waals surface area (Å²) >= 11 is 5.72. The van der Waals surface area contributed by atoms with Crippen molar-refractivity contribution in [2.24, 2.45) is 0 Å². The first-order chi connectivity index (χ1) is 12.1. The van der Waals surface area contributed by atoms with Gasteiger partial charge in [-0.15, -0.1) is 11.6 Å². The number of halogens is 1. The zero-order valence-electron chi connectivity index (χ0n) is 13.7. The van der Waals surface area contributed by atoms with E-state index < -0.39 is 29.4 Å². The van der Waals surface area contributed by atoms with Crippen LogP contribution in [-0.4, -0.2) is 32.4 Å². The summed E-state index contributed by atoms with van der Waals surface area (Å²) < 4.78 is 8.54. The number of hydrogen-bond acceptors (Lipinski definition) is 4. The molecule has 7 nitrogen and oxygen atoms in total. The highest BCUT2D eigenvalue weighted by molar-refractivity contribution is 6.17. The molecule has 1 aromatic heterocycles. The third-order valence-corrected chi connectivity index (χ3v) is 4.23. The van der Waals surface area contributed by atoms with Crippen LogP contribution in [0.15, 0.2) is 52.1 Å². The van der Waals surface area contributed by atoms with E-state index in [9.17, 15) is 14.4 Å². The molecular weight excluding hydrogens is 346 g/mol. The Morgan fingerprint density at radius 2 is 1.80 bits per heavy atom. The van der Waals surface area contributed by atoms with Crippen LogP contribution in [-0.2, 0) is 16.1 Å². The number of hydrogen-bond donors (Lipinski definition) is 0. The highest BCUT2D eigenvalue weighted by Crippen LogP contribution is 2.25. The number of allylic oxidation sites excluding steroid dienone is 1. The van der Waals surface area contributed by atoms with Crippen LogP contribution < -0.4 is 11.4 Å². The number of aromatic nitrogens is 3. The second-order valence-electron chi connectivity index (χ2n) is 5.53. The van der Waals surface area contributed by atoms with E-state index in [1.807, 2.05) is 30.3 Å². The SMILES string of the molecule is CCOC(=O)[C@H]1C=C[C@H](c2ccccc2)n2c(=O)n(CCCl)c(=O)n21. The minimum Gasteiger partial charge on any atom is -0.464 e. The molecule has 2 heterocycles. The van der Waals surface area contributed by atoms with Gasteiger partial charge in [-0.2, -0.15) is 0 Å². The Bertz CT molecular complexity index is 910. The van der Waals surface area contributed by atoms with E-state index in [4.69, 9.17) is 16.3 Å². The van der Waals surface area contributed by atoms with Crippen molar-refractivity contribution >= 4 is 17.6 Å². The molecule has 0 bridgehead atoms. The molecule has 25 heavy (non-hydrogen) atoms. The predicted octanol–water partition coefficient (Wildman–Crippen LogP) is 1.31. The summed E-state index contributed by atoms with van der Waals surface area (Å²) in [5, 5.41) is 0. The average Bonchev–Trinajstić information content (AvgIpc) is 2.88. The summed E-state index contributed by atoms with van der Waals surface area (Å²) in [6.07, 6.45) is 3.34. The van der Waals surface area contributed by atoms with Gasteiger partial charge in [0.25, 0.3) is 0 Å². The Morgan fingerprint density at radius 3 is 2.44 bits per heavy atom. The Labute approximate surface area is 148 Å². The molecule has 0 fully saturated rings. The van der Waals surface area contributed by atoms with Gasteiger partial charge in [0.05, 0.1) is 12.6 Å². The molecule has 8 heteroatoms. The maximum atomic E-state index is 12.8. The first kappa shape index (κ1) is 17.3. The van der Waals surface area contributed by atoms with Gasteiger partial charge in [0.1, 0.15) is 0 Å². The van der Waals surface area contributed by atoms with Crippen molar-refractivity contribution in [3.8, 4) is 0 Å². The third kappa shape index (κ3) is 2.95. The maximum absolute atomic E-state index is 12.8. The van der Waals surface area contributed by atoms with Gasteiger partial charge < -0.3 is 4.74 Å². The fraction of sp³-hybridized carbons (Fsp3) is 0.353. The summed E-state index contributed by atoms with van der Waals surface area (Å²) in [6.45, 7) is 1.95. The Morgan fingerprint density at radius 1 is 1.12 bits per heavy atom. The smallest absolute Gasteiger partial charge is 0.348 e. The van der Waals surface area contributed by atoms with Crippen molar-refractivity contribution < 1.29 is 9.53 Å². The third-order valence-electron chi connectivity index (χ3n) is 4.07. The molecule has 2 atom stereocenters. The minimum absolute atomic E-state index is 0.0727. The molecule has 1 aromatic carbocycles. The van der Waals surface area contributed by atoms with Crippen LogP contribution in [0.4, 0.5) is 0 Å². The number of alkyl halides is 1. The molecule has 0 saturated carbocycles. The van der Waals surface area contributed by atoms with Gasteiger partial charge in [0.15, 0.2) is 6.04 Å². The van der Waals surface area contributed by atoms with Gasteiger partial charge in [-0.3, -0.25) is 0 Å². The lowest BCUT2D eigenvalue weighted by Crippen LogP contribution is -2.39. The van der Waals surface area contributed by atoms with E-state index in [1.165, 1.54) is 4.68 Å². The molecule has 0 spiro atoms. The van der Waals surface area contributed by atoms with Crippen LogP contribution >= 0.6 is 11.6 Å². The highest BCUT2D eigenvalue weighted by atomic mass is 35.5. The van der Waals surface area contributed by atoms with E-state index in [0.29, 0.717) is 0 Å². The topological polar surface area (TPSA) is 75.2 Å². The monoisotopic (exact) mass is 363 g/mol. The van der Waals surface area contributed by atoms with Crippen molar-refractivity contribution in [2.45, 2.75) is 25.6 Å². The van der Waals surface area contributed by atoms with Gasteiger partial charge >= 0.3 is 17.3 Å². The summed E-state index contributed by atoms with van der Waals surface area (Å²) in [7, 11) is 0. The van der Waals surface area contributed by atoms with Gasteiger partial charge in [-0.25, -0.2) is 28.3 Å². The first-order valence-electron chi connectivity index (χ1n) is 7.99. The van der Waals surface area contributed by atoms with Crippen molar-refractivity contribution in [3.05, 3.63) is 69.0 Å². The zero-order valence-corrected chi connectivity index (χ0v) is 14.4. The van der Waals surface area contributed by atoms with Crippen LogP contribution in [0.2, 0.25) is 0 Å². The first-order valence-corrected chi connectivity index (χ1v) is 8.53. The normalized spacial score (nSPS) is 18.8. The summed E-state index contributed by atoms with van der Waals surface area (Å²) in [5.74, 6) is -0.462. The highest BCUT2D eigenvalue weighted by Gasteiger charge is 2.33. The van der Waals surface area contributed by atoms with Gasteiger partial charge in [0.2, 0.25) is 0 Å². The second kappa shape index (κ2) is 7.14. The number of nitrogens with zero attached hydrogens (tertiary/aromatic N) is 3. The van der Waals surface area contributed by atoms with Gasteiger partial charge in [-0.05, 0) is 12.5 Å². The number of esters is 1. The van der Waals surface area contributed by atoms with Crippen LogP contribution in [0.25, 0.3) is 0 Å². The van der Waals surface area contributed by atoms with Crippen molar-refractivity contribution in [3.63, 3.8) is 0 Å². The lowest BCUT2D eigenvalue weighted by molar-refractivity contribution is -0.146. The van der Waals surface area contributed by atoms with E-state index in [2.05, 4.69) is 0 Å². The lowest BCUT2D eigenvalue weighted by Gasteiger charge is -2.26. The largest absolute Gasteiger partial charge is 0.464 e. The molecule has 132 valence electrons. The molecule has 0 amide bonds. The quantitative estimate of drug-likeness (QED) is 0.456. The summed E-state index contributed by atoms with van der Waals surface area (Å²) in [4.78, 5) is 37.8.